The Bertz CT molecular complexity index is 966. The van der Waals surface area contributed by atoms with Crippen molar-refractivity contribution in [2.24, 2.45) is 0 Å². The van der Waals surface area contributed by atoms with Crippen molar-refractivity contribution in [3.63, 3.8) is 0 Å². The topological polar surface area (TPSA) is 133 Å². The normalized spacial score (nSPS) is 9.52. The summed E-state index contributed by atoms with van der Waals surface area (Å²) in [5, 5.41) is 27.9. The molecule has 1 aromatic heterocycles. The number of rotatable bonds is 2. The first-order chi connectivity index (χ1) is 10.9. The second-order valence-corrected chi connectivity index (χ2v) is 4.95. The molecule has 0 saturated carbocycles. The molecule has 0 aliphatic carbocycles. The van der Waals surface area contributed by atoms with Gasteiger partial charge in [-0.05, 0) is 17.7 Å². The third kappa shape index (κ3) is 2.57. The van der Waals surface area contributed by atoms with E-state index in [1.54, 1.807) is 37.2 Å². The van der Waals surface area contributed by atoms with Crippen LogP contribution >= 0.6 is 0 Å². The van der Waals surface area contributed by atoms with Crippen LogP contribution in [-0.4, -0.2) is 19.1 Å². The number of aromatic nitrogens is 1. The predicted molar refractivity (Wildman–Crippen MR) is 85.4 cm³/mol. The van der Waals surface area contributed by atoms with E-state index in [-0.39, 0.29) is 22.5 Å². The minimum atomic E-state index is -0.672. The second-order valence-electron chi connectivity index (χ2n) is 4.95. The summed E-state index contributed by atoms with van der Waals surface area (Å²) in [4.78, 5) is 16.0. The quantitative estimate of drug-likeness (QED) is 0.859. The summed E-state index contributed by atoms with van der Waals surface area (Å²) < 4.78 is 0. The number of nitrogens with two attached hydrogens (primary N) is 1. The van der Waals surface area contributed by atoms with Crippen molar-refractivity contribution in [2.45, 2.75) is 0 Å². The van der Waals surface area contributed by atoms with Crippen molar-refractivity contribution in [3.8, 4) is 29.3 Å². The Morgan fingerprint density at radius 2 is 1.74 bits per heavy atom. The van der Waals surface area contributed by atoms with Crippen LogP contribution in [0.25, 0.3) is 11.1 Å². The van der Waals surface area contributed by atoms with Gasteiger partial charge in [0.1, 0.15) is 35.2 Å². The monoisotopic (exact) mass is 304 g/mol. The molecule has 2 rings (SSSR count). The Kier molecular flexibility index (Phi) is 4.03. The van der Waals surface area contributed by atoms with E-state index in [2.05, 4.69) is 11.1 Å². The van der Waals surface area contributed by atoms with Crippen molar-refractivity contribution in [1.82, 2.24) is 4.98 Å². The van der Waals surface area contributed by atoms with Crippen molar-refractivity contribution in [3.05, 3.63) is 45.2 Å². The zero-order chi connectivity index (χ0) is 17.1. The van der Waals surface area contributed by atoms with E-state index in [0.717, 1.165) is 0 Å². The smallest absolute Gasteiger partial charge is 0.268 e. The number of nitrogens with zero attached hydrogens (tertiary/aromatic N) is 4. The summed E-state index contributed by atoms with van der Waals surface area (Å²) >= 11 is 0. The molecule has 0 aliphatic rings. The van der Waals surface area contributed by atoms with Gasteiger partial charge in [-0.1, -0.05) is 6.07 Å². The number of nitriles is 3. The lowest BCUT2D eigenvalue weighted by Crippen LogP contribution is -2.16. The number of benzene rings is 1. The molecule has 0 radical (unpaired) electrons. The fourth-order valence-electron chi connectivity index (χ4n) is 2.30. The average Bonchev–Trinajstić information content (AvgIpc) is 2.53. The van der Waals surface area contributed by atoms with E-state index < -0.39 is 5.56 Å². The number of nitrogen functional groups attached to an aromatic ring is 1. The maximum Gasteiger partial charge on any atom is 0.268 e. The fraction of sp³-hybridized carbons (Fsp3) is 0.125. The van der Waals surface area contributed by atoms with Crippen LogP contribution in [0.5, 0.6) is 0 Å². The van der Waals surface area contributed by atoms with E-state index in [0.29, 0.717) is 16.8 Å². The van der Waals surface area contributed by atoms with Gasteiger partial charge in [0.25, 0.3) is 5.56 Å². The highest BCUT2D eigenvalue weighted by Crippen LogP contribution is 2.31. The highest BCUT2D eigenvalue weighted by Gasteiger charge is 2.19. The third-order valence-electron chi connectivity index (χ3n) is 3.36. The molecule has 0 unspecified atom stereocenters. The van der Waals surface area contributed by atoms with Crippen LogP contribution in [0.4, 0.5) is 11.5 Å². The van der Waals surface area contributed by atoms with Gasteiger partial charge in [0.15, 0.2) is 0 Å². The largest absolute Gasteiger partial charge is 0.384 e. The molecule has 1 heterocycles. The Hall–Kier alpha value is -3.76. The molecule has 0 atom stereocenters. The molecule has 0 spiro atoms. The van der Waals surface area contributed by atoms with E-state index >= 15 is 0 Å². The maximum absolute atomic E-state index is 11.9. The number of hydrogen-bond donors (Lipinski definition) is 2. The lowest BCUT2D eigenvalue weighted by Gasteiger charge is -2.16. The molecule has 0 saturated heterocycles. The number of hydrogen-bond acceptors (Lipinski definition) is 6. The van der Waals surface area contributed by atoms with Gasteiger partial charge in [-0.2, -0.15) is 15.8 Å². The highest BCUT2D eigenvalue weighted by atomic mass is 16.1. The van der Waals surface area contributed by atoms with Crippen molar-refractivity contribution < 1.29 is 0 Å². The van der Waals surface area contributed by atoms with E-state index in [1.165, 1.54) is 6.07 Å². The molecule has 0 amide bonds. The van der Waals surface area contributed by atoms with Gasteiger partial charge in [0.05, 0.1) is 11.3 Å². The first-order valence-corrected chi connectivity index (χ1v) is 6.52. The summed E-state index contributed by atoms with van der Waals surface area (Å²) in [6, 6.07) is 10.6. The van der Waals surface area contributed by atoms with Gasteiger partial charge in [-0.15, -0.1) is 0 Å². The van der Waals surface area contributed by atoms with Crippen LogP contribution in [0.1, 0.15) is 16.7 Å². The van der Waals surface area contributed by atoms with Crippen molar-refractivity contribution in [2.75, 3.05) is 24.7 Å². The summed E-state index contributed by atoms with van der Waals surface area (Å²) in [7, 11) is 3.59. The van der Waals surface area contributed by atoms with E-state index in [4.69, 9.17) is 5.73 Å². The molecule has 2 aromatic rings. The second kappa shape index (κ2) is 5.93. The minimum Gasteiger partial charge on any atom is -0.384 e. The highest BCUT2D eigenvalue weighted by molar-refractivity contribution is 5.82. The van der Waals surface area contributed by atoms with Crippen molar-refractivity contribution >= 4 is 11.5 Å². The standard InChI is InChI=1S/C16H12N6O/c1-22(2)13-4-3-9(5-10(13)6-17)14-11(7-18)15(20)21-16(23)12(14)8-19/h3-5H,1-2H3,(H3,20,21,23). The van der Waals surface area contributed by atoms with Gasteiger partial charge in [0, 0.05) is 19.7 Å². The average molecular weight is 304 g/mol. The number of nitrogens with one attached hydrogen (secondary N) is 1. The number of aromatic amines is 1. The van der Waals surface area contributed by atoms with Gasteiger partial charge in [0.2, 0.25) is 0 Å². The molecule has 0 bridgehead atoms. The molecular weight excluding hydrogens is 292 g/mol. The summed E-state index contributed by atoms with van der Waals surface area (Å²) in [5.41, 5.74) is 6.40. The number of H-pyrrole nitrogens is 1. The van der Waals surface area contributed by atoms with Gasteiger partial charge < -0.3 is 15.6 Å². The molecule has 7 nitrogen and oxygen atoms in total. The van der Waals surface area contributed by atoms with Crippen LogP contribution in [0.2, 0.25) is 0 Å². The first kappa shape index (κ1) is 15.6. The molecule has 112 valence electrons. The SMILES string of the molecule is CN(C)c1ccc(-c2c(C#N)c(N)[nH]c(=O)c2C#N)cc1C#N. The Morgan fingerprint density at radius 3 is 2.26 bits per heavy atom. The zero-order valence-electron chi connectivity index (χ0n) is 12.5. The van der Waals surface area contributed by atoms with Crippen LogP contribution in [0.3, 0.4) is 0 Å². The Balaban J connectivity index is 2.89. The molecule has 7 heteroatoms. The molecule has 0 fully saturated rings. The van der Waals surface area contributed by atoms with E-state index in [9.17, 15) is 20.6 Å². The van der Waals surface area contributed by atoms with Crippen LogP contribution < -0.4 is 16.2 Å². The fourth-order valence-corrected chi connectivity index (χ4v) is 2.30. The van der Waals surface area contributed by atoms with Crippen LogP contribution in [0.15, 0.2) is 23.0 Å². The molecule has 1 aromatic carbocycles. The van der Waals surface area contributed by atoms with Gasteiger partial charge in [-0.25, -0.2) is 0 Å². The Morgan fingerprint density at radius 1 is 1.09 bits per heavy atom. The first-order valence-electron chi connectivity index (χ1n) is 6.52. The lowest BCUT2D eigenvalue weighted by atomic mass is 9.95. The number of anilines is 2. The van der Waals surface area contributed by atoms with Gasteiger partial charge in [-0.3, -0.25) is 4.79 Å². The predicted octanol–water partition coefficient (Wildman–Crippen LogP) is 1.31. The molecule has 3 N–H and O–H groups in total. The Labute approximate surface area is 132 Å². The van der Waals surface area contributed by atoms with Crippen molar-refractivity contribution in [1.29, 1.82) is 15.8 Å². The maximum atomic E-state index is 11.9. The molecule has 23 heavy (non-hydrogen) atoms. The van der Waals surface area contributed by atoms with Crippen LogP contribution in [0, 0.1) is 34.0 Å². The summed E-state index contributed by atoms with van der Waals surface area (Å²) in [6.45, 7) is 0. The zero-order valence-corrected chi connectivity index (χ0v) is 12.5. The summed E-state index contributed by atoms with van der Waals surface area (Å²) in [6.07, 6.45) is 0. The van der Waals surface area contributed by atoms with Gasteiger partial charge >= 0.3 is 0 Å². The summed E-state index contributed by atoms with van der Waals surface area (Å²) in [5.74, 6) is -0.110. The van der Waals surface area contributed by atoms with Crippen LogP contribution in [-0.2, 0) is 0 Å². The number of pyridine rings is 1. The molecular formula is C16H12N6O. The lowest BCUT2D eigenvalue weighted by molar-refractivity contribution is 1.12. The minimum absolute atomic E-state index is 0.00245. The third-order valence-corrected chi connectivity index (χ3v) is 3.36. The molecule has 0 aliphatic heterocycles. The van der Waals surface area contributed by atoms with E-state index in [1.807, 2.05) is 6.07 Å².